The van der Waals surface area contributed by atoms with Gasteiger partial charge in [0.25, 0.3) is 0 Å². The van der Waals surface area contributed by atoms with Gasteiger partial charge in [-0.25, -0.2) is 0 Å². The monoisotopic (exact) mass is 308 g/mol. The molecular weight excluding hydrogens is 284 g/mol. The topological polar surface area (TPSA) is 42.0 Å². The number of aromatic nitrogens is 1. The van der Waals surface area contributed by atoms with E-state index >= 15 is 0 Å². The van der Waals surface area contributed by atoms with Gasteiger partial charge in [0.15, 0.2) is 0 Å². The Bertz CT molecular complexity index is 675. The average Bonchev–Trinajstić information content (AvgIpc) is 3.06. The van der Waals surface area contributed by atoms with Crippen molar-refractivity contribution in [3.8, 4) is 11.3 Å². The second kappa shape index (κ2) is 7.40. The van der Waals surface area contributed by atoms with Crippen LogP contribution in [0.15, 0.2) is 42.6 Å². The third-order valence-electron chi connectivity index (χ3n) is 4.61. The molecule has 0 unspecified atom stereocenters. The predicted octanol–water partition coefficient (Wildman–Crippen LogP) is 4.25. The van der Waals surface area contributed by atoms with Crippen molar-refractivity contribution in [3.05, 3.63) is 53.7 Å². The van der Waals surface area contributed by atoms with Gasteiger partial charge >= 0.3 is 0 Å². The lowest BCUT2D eigenvalue weighted by molar-refractivity contribution is -0.122. The Hall–Kier alpha value is -2.16. The number of carbonyl (C=O) groups excluding carboxylic acids is 1. The average molecular weight is 308 g/mol. The number of hydrogen-bond donors (Lipinski definition) is 1. The van der Waals surface area contributed by atoms with Gasteiger partial charge < -0.3 is 5.32 Å². The van der Waals surface area contributed by atoms with Crippen LogP contribution in [0.2, 0.25) is 0 Å². The van der Waals surface area contributed by atoms with E-state index in [2.05, 4.69) is 35.4 Å². The molecule has 1 amide bonds. The molecule has 1 aliphatic carbocycles. The lowest BCUT2D eigenvalue weighted by atomic mass is 10.0. The van der Waals surface area contributed by atoms with Crippen LogP contribution >= 0.6 is 0 Å². The van der Waals surface area contributed by atoms with Gasteiger partial charge in [0.1, 0.15) is 0 Å². The molecule has 1 fully saturated rings. The lowest BCUT2D eigenvalue weighted by Gasteiger charge is -2.12. The van der Waals surface area contributed by atoms with E-state index < -0.39 is 0 Å². The summed E-state index contributed by atoms with van der Waals surface area (Å²) in [5.41, 5.74) is 4.34. The van der Waals surface area contributed by atoms with Crippen LogP contribution in [0, 0.1) is 12.8 Å². The molecule has 1 saturated carbocycles. The number of nitrogens with zero attached hydrogens (tertiary/aromatic N) is 1. The highest BCUT2D eigenvalue weighted by Gasteiger charge is 2.18. The summed E-state index contributed by atoms with van der Waals surface area (Å²) in [5, 5.41) is 3.07. The van der Waals surface area contributed by atoms with E-state index in [4.69, 9.17) is 0 Å². The SMILES string of the molecule is Cc1cccc(-c2ncccc2CNC(=O)CC2CCCC2)c1. The minimum atomic E-state index is 0.163. The summed E-state index contributed by atoms with van der Waals surface area (Å²) < 4.78 is 0. The van der Waals surface area contributed by atoms with Gasteiger partial charge in [-0.1, -0.05) is 42.7 Å². The zero-order valence-corrected chi connectivity index (χ0v) is 13.7. The second-order valence-electron chi connectivity index (χ2n) is 6.51. The molecule has 0 atom stereocenters. The van der Waals surface area contributed by atoms with Gasteiger partial charge in [-0.15, -0.1) is 0 Å². The molecule has 3 nitrogen and oxygen atoms in total. The van der Waals surface area contributed by atoms with Crippen molar-refractivity contribution < 1.29 is 4.79 Å². The van der Waals surface area contributed by atoms with E-state index in [9.17, 15) is 4.79 Å². The van der Waals surface area contributed by atoms with Crippen molar-refractivity contribution in [1.29, 1.82) is 0 Å². The Morgan fingerprint density at radius 1 is 1.22 bits per heavy atom. The summed E-state index contributed by atoms with van der Waals surface area (Å²) in [7, 11) is 0. The number of carbonyl (C=O) groups is 1. The maximum absolute atomic E-state index is 12.1. The smallest absolute Gasteiger partial charge is 0.220 e. The predicted molar refractivity (Wildman–Crippen MR) is 92.8 cm³/mol. The molecule has 0 spiro atoms. The Morgan fingerprint density at radius 3 is 2.83 bits per heavy atom. The normalized spacial score (nSPS) is 14.8. The van der Waals surface area contributed by atoms with E-state index in [1.807, 2.05) is 24.4 Å². The summed E-state index contributed by atoms with van der Waals surface area (Å²) in [6.07, 6.45) is 7.43. The van der Waals surface area contributed by atoms with E-state index in [1.54, 1.807) is 0 Å². The van der Waals surface area contributed by atoms with Crippen LogP contribution in [0.4, 0.5) is 0 Å². The molecule has 3 rings (SSSR count). The van der Waals surface area contributed by atoms with Gasteiger partial charge in [-0.3, -0.25) is 9.78 Å². The van der Waals surface area contributed by atoms with Crippen molar-refractivity contribution in [2.75, 3.05) is 0 Å². The minimum absolute atomic E-state index is 0.163. The van der Waals surface area contributed by atoms with Crippen molar-refractivity contribution in [2.45, 2.75) is 45.6 Å². The number of hydrogen-bond acceptors (Lipinski definition) is 2. The van der Waals surface area contributed by atoms with Crippen LogP contribution in [0.3, 0.4) is 0 Å². The quantitative estimate of drug-likeness (QED) is 0.897. The number of amides is 1. The van der Waals surface area contributed by atoms with Crippen LogP contribution < -0.4 is 5.32 Å². The molecular formula is C20H24N2O. The molecule has 1 aliphatic rings. The second-order valence-corrected chi connectivity index (χ2v) is 6.51. The highest BCUT2D eigenvalue weighted by molar-refractivity contribution is 5.76. The molecule has 1 N–H and O–H groups in total. The van der Waals surface area contributed by atoms with Crippen molar-refractivity contribution in [2.24, 2.45) is 5.92 Å². The molecule has 3 heteroatoms. The number of pyridine rings is 1. The Balaban J connectivity index is 1.67. The first-order valence-corrected chi connectivity index (χ1v) is 8.50. The first-order valence-electron chi connectivity index (χ1n) is 8.50. The van der Waals surface area contributed by atoms with Crippen LogP contribution in [0.1, 0.15) is 43.2 Å². The number of rotatable bonds is 5. The maximum Gasteiger partial charge on any atom is 0.220 e. The zero-order valence-electron chi connectivity index (χ0n) is 13.7. The van der Waals surface area contributed by atoms with Crippen LogP contribution in [0.25, 0.3) is 11.3 Å². The third kappa shape index (κ3) is 4.19. The molecule has 0 bridgehead atoms. The third-order valence-corrected chi connectivity index (χ3v) is 4.61. The first-order chi connectivity index (χ1) is 11.2. The van der Waals surface area contributed by atoms with Gasteiger partial charge in [-0.2, -0.15) is 0 Å². The van der Waals surface area contributed by atoms with E-state index in [0.717, 1.165) is 16.8 Å². The highest BCUT2D eigenvalue weighted by atomic mass is 16.1. The van der Waals surface area contributed by atoms with Gasteiger partial charge in [0, 0.05) is 24.7 Å². The summed E-state index contributed by atoms with van der Waals surface area (Å²) >= 11 is 0. The van der Waals surface area contributed by atoms with Crippen molar-refractivity contribution in [3.63, 3.8) is 0 Å². The maximum atomic E-state index is 12.1. The minimum Gasteiger partial charge on any atom is -0.352 e. The van der Waals surface area contributed by atoms with Crippen molar-refractivity contribution in [1.82, 2.24) is 10.3 Å². The molecule has 0 aliphatic heterocycles. The van der Waals surface area contributed by atoms with E-state index in [-0.39, 0.29) is 5.91 Å². The molecule has 1 heterocycles. The molecule has 23 heavy (non-hydrogen) atoms. The van der Waals surface area contributed by atoms with Gasteiger partial charge in [-0.05, 0) is 43.4 Å². The Labute approximate surface area is 138 Å². The summed E-state index contributed by atoms with van der Waals surface area (Å²) in [6, 6.07) is 12.3. The van der Waals surface area contributed by atoms with Gasteiger partial charge in [0.2, 0.25) is 5.91 Å². The molecule has 120 valence electrons. The van der Waals surface area contributed by atoms with E-state index in [1.165, 1.54) is 31.2 Å². The standard InChI is InChI=1S/C20H24N2O/c1-15-6-4-9-17(12-15)20-18(10-5-11-21-20)14-22-19(23)13-16-7-2-3-8-16/h4-6,9-12,16H,2-3,7-8,13-14H2,1H3,(H,22,23). The Morgan fingerprint density at radius 2 is 2.04 bits per heavy atom. The number of benzene rings is 1. The number of nitrogens with one attached hydrogen (secondary N) is 1. The first kappa shape index (κ1) is 15.7. The fourth-order valence-electron chi connectivity index (χ4n) is 3.38. The molecule has 1 aromatic heterocycles. The van der Waals surface area contributed by atoms with Gasteiger partial charge in [0.05, 0.1) is 5.69 Å². The Kier molecular flexibility index (Phi) is 5.06. The molecule has 0 radical (unpaired) electrons. The van der Waals surface area contributed by atoms with Crippen molar-refractivity contribution >= 4 is 5.91 Å². The van der Waals surface area contributed by atoms with Crippen LogP contribution in [-0.2, 0) is 11.3 Å². The summed E-state index contributed by atoms with van der Waals surface area (Å²) in [6.45, 7) is 2.62. The van der Waals surface area contributed by atoms with E-state index in [0.29, 0.717) is 18.9 Å². The fraction of sp³-hybridized carbons (Fsp3) is 0.400. The highest BCUT2D eigenvalue weighted by Crippen LogP contribution is 2.27. The largest absolute Gasteiger partial charge is 0.352 e. The summed E-state index contributed by atoms with van der Waals surface area (Å²) in [4.78, 5) is 16.7. The summed E-state index contributed by atoms with van der Waals surface area (Å²) in [5.74, 6) is 0.746. The van der Waals surface area contributed by atoms with Crippen LogP contribution in [-0.4, -0.2) is 10.9 Å². The molecule has 0 saturated heterocycles. The molecule has 2 aromatic rings. The zero-order chi connectivity index (χ0) is 16.1. The molecule has 1 aromatic carbocycles. The number of aryl methyl sites for hydroxylation is 1. The lowest BCUT2D eigenvalue weighted by Crippen LogP contribution is -2.24. The van der Waals surface area contributed by atoms with Crippen LogP contribution in [0.5, 0.6) is 0 Å². The fourth-order valence-corrected chi connectivity index (χ4v) is 3.38.